The summed E-state index contributed by atoms with van der Waals surface area (Å²) >= 11 is 0. The van der Waals surface area contributed by atoms with E-state index < -0.39 is 0 Å². The Balaban J connectivity index is 1.64. The lowest BCUT2D eigenvalue weighted by Gasteiger charge is -2.16. The first-order chi connectivity index (χ1) is 13.3. The van der Waals surface area contributed by atoms with Crippen LogP contribution in [0, 0.1) is 0 Å². The lowest BCUT2D eigenvalue weighted by molar-refractivity contribution is 0.819. The number of benzene rings is 4. The molecule has 0 fully saturated rings. The van der Waals surface area contributed by atoms with E-state index in [0.29, 0.717) is 12.4 Å². The van der Waals surface area contributed by atoms with Gasteiger partial charge in [-0.3, -0.25) is 4.99 Å². The molecule has 0 bridgehead atoms. The third-order valence-corrected chi connectivity index (χ3v) is 4.89. The van der Waals surface area contributed by atoms with Crippen molar-refractivity contribution in [2.24, 2.45) is 10.7 Å². The molecule has 0 heterocycles. The van der Waals surface area contributed by atoms with Gasteiger partial charge in [0.1, 0.15) is 5.84 Å². The molecule has 2 nitrogen and oxygen atoms in total. The van der Waals surface area contributed by atoms with Gasteiger partial charge in [0.25, 0.3) is 0 Å². The molecule has 0 saturated heterocycles. The first-order valence-electron chi connectivity index (χ1n) is 9.20. The largest absolute Gasteiger partial charge is 0.384 e. The lowest BCUT2D eigenvalue weighted by Crippen LogP contribution is -2.16. The summed E-state index contributed by atoms with van der Waals surface area (Å²) in [5, 5.41) is 2.39. The van der Waals surface area contributed by atoms with Crippen LogP contribution in [0.1, 0.15) is 22.6 Å². The molecule has 2 heteroatoms. The Morgan fingerprint density at radius 3 is 1.85 bits per heavy atom. The molecule has 2 N–H and O–H groups in total. The van der Waals surface area contributed by atoms with E-state index in [4.69, 9.17) is 10.7 Å². The number of hydrogen-bond donors (Lipinski definition) is 1. The Bertz CT molecular complexity index is 1010. The normalized spacial score (nSPS) is 11.8. The topological polar surface area (TPSA) is 38.4 Å². The van der Waals surface area contributed by atoms with Crippen molar-refractivity contribution in [1.29, 1.82) is 0 Å². The van der Waals surface area contributed by atoms with Crippen molar-refractivity contribution >= 4 is 16.6 Å². The average molecular weight is 350 g/mol. The van der Waals surface area contributed by atoms with Gasteiger partial charge >= 0.3 is 0 Å². The van der Waals surface area contributed by atoms with Gasteiger partial charge in [-0.1, -0.05) is 97.1 Å². The van der Waals surface area contributed by atoms with Crippen LogP contribution in [-0.2, 0) is 0 Å². The van der Waals surface area contributed by atoms with Gasteiger partial charge in [-0.05, 0) is 28.0 Å². The van der Waals surface area contributed by atoms with E-state index in [0.717, 1.165) is 5.56 Å². The van der Waals surface area contributed by atoms with Crippen molar-refractivity contribution < 1.29 is 0 Å². The molecule has 0 spiro atoms. The van der Waals surface area contributed by atoms with Crippen molar-refractivity contribution in [3.63, 3.8) is 0 Å². The van der Waals surface area contributed by atoms with Gasteiger partial charge in [0.15, 0.2) is 0 Å². The molecular weight excluding hydrogens is 328 g/mol. The molecule has 0 aliphatic carbocycles. The van der Waals surface area contributed by atoms with Crippen molar-refractivity contribution in [3.8, 4) is 0 Å². The zero-order valence-corrected chi connectivity index (χ0v) is 15.1. The zero-order chi connectivity index (χ0) is 18.5. The Morgan fingerprint density at radius 2 is 1.22 bits per heavy atom. The third kappa shape index (κ3) is 3.90. The van der Waals surface area contributed by atoms with Gasteiger partial charge in [0, 0.05) is 11.5 Å². The van der Waals surface area contributed by atoms with Crippen LogP contribution in [0.3, 0.4) is 0 Å². The van der Waals surface area contributed by atoms with Gasteiger partial charge in [0.2, 0.25) is 0 Å². The Labute approximate surface area is 160 Å². The number of aliphatic imine (C=N–C) groups is 1. The highest BCUT2D eigenvalue weighted by Gasteiger charge is 2.13. The molecule has 27 heavy (non-hydrogen) atoms. The highest BCUT2D eigenvalue weighted by Crippen LogP contribution is 2.25. The average Bonchev–Trinajstić information content (AvgIpc) is 2.75. The molecule has 0 aromatic heterocycles. The van der Waals surface area contributed by atoms with E-state index >= 15 is 0 Å². The van der Waals surface area contributed by atoms with Crippen molar-refractivity contribution in [2.45, 2.75) is 5.92 Å². The minimum atomic E-state index is 0.186. The maximum absolute atomic E-state index is 6.34. The standard InChI is InChI=1S/C25H22N2/c26-25(23-16-15-19-9-7-8-14-22(19)17-23)27-18-24(20-10-3-1-4-11-20)21-12-5-2-6-13-21/h1-17,24H,18H2,(H2,26,27). The maximum Gasteiger partial charge on any atom is 0.125 e. The number of rotatable bonds is 5. The molecule has 0 unspecified atom stereocenters. The summed E-state index contributed by atoms with van der Waals surface area (Å²) in [5.41, 5.74) is 9.80. The Morgan fingerprint density at radius 1 is 0.667 bits per heavy atom. The molecule has 132 valence electrons. The number of amidine groups is 1. The van der Waals surface area contributed by atoms with Crippen LogP contribution in [0.5, 0.6) is 0 Å². The molecule has 0 saturated carbocycles. The van der Waals surface area contributed by atoms with Gasteiger partial charge in [0.05, 0.1) is 6.54 Å². The van der Waals surface area contributed by atoms with Crippen molar-refractivity contribution in [1.82, 2.24) is 0 Å². The molecule has 0 atom stereocenters. The highest BCUT2D eigenvalue weighted by molar-refractivity contribution is 6.01. The number of hydrogen-bond acceptors (Lipinski definition) is 1. The van der Waals surface area contributed by atoms with Crippen LogP contribution in [0.25, 0.3) is 10.8 Å². The predicted octanol–water partition coefficient (Wildman–Crippen LogP) is 5.38. The molecule has 0 radical (unpaired) electrons. The lowest BCUT2D eigenvalue weighted by atomic mass is 9.91. The summed E-state index contributed by atoms with van der Waals surface area (Å²) in [7, 11) is 0. The maximum atomic E-state index is 6.34. The number of nitrogens with two attached hydrogens (primary N) is 1. The summed E-state index contributed by atoms with van der Waals surface area (Å²) in [4.78, 5) is 4.75. The van der Waals surface area contributed by atoms with E-state index in [9.17, 15) is 0 Å². The minimum absolute atomic E-state index is 0.186. The second kappa shape index (κ2) is 7.88. The fraction of sp³-hybridized carbons (Fsp3) is 0.0800. The first-order valence-corrected chi connectivity index (χ1v) is 9.20. The Kier molecular flexibility index (Phi) is 4.97. The number of fused-ring (bicyclic) bond motifs is 1. The summed E-state index contributed by atoms with van der Waals surface area (Å²) in [6.45, 7) is 0.618. The van der Waals surface area contributed by atoms with Gasteiger partial charge < -0.3 is 5.73 Å². The van der Waals surface area contributed by atoms with E-state index in [2.05, 4.69) is 72.8 Å². The van der Waals surface area contributed by atoms with Crippen LogP contribution in [0.15, 0.2) is 108 Å². The third-order valence-electron chi connectivity index (χ3n) is 4.89. The Hall–Kier alpha value is -3.39. The molecule has 0 amide bonds. The second-order valence-corrected chi connectivity index (χ2v) is 6.66. The summed E-state index contributed by atoms with van der Waals surface area (Å²) < 4.78 is 0. The predicted molar refractivity (Wildman–Crippen MR) is 114 cm³/mol. The van der Waals surface area contributed by atoms with Crippen molar-refractivity contribution in [2.75, 3.05) is 6.54 Å². The van der Waals surface area contributed by atoms with Gasteiger partial charge in [-0.25, -0.2) is 0 Å². The zero-order valence-electron chi connectivity index (χ0n) is 15.1. The molecule has 4 rings (SSSR count). The van der Waals surface area contributed by atoms with Crippen LogP contribution >= 0.6 is 0 Å². The highest BCUT2D eigenvalue weighted by atomic mass is 14.9. The van der Waals surface area contributed by atoms with E-state index in [1.54, 1.807) is 0 Å². The summed E-state index contributed by atoms with van der Waals surface area (Å²) in [5.74, 6) is 0.768. The van der Waals surface area contributed by atoms with Crippen molar-refractivity contribution in [3.05, 3.63) is 120 Å². The van der Waals surface area contributed by atoms with Crippen LogP contribution in [0.4, 0.5) is 0 Å². The van der Waals surface area contributed by atoms with Crippen LogP contribution < -0.4 is 5.73 Å². The molecule has 4 aromatic carbocycles. The number of nitrogens with zero attached hydrogens (tertiary/aromatic N) is 1. The van der Waals surface area contributed by atoms with Gasteiger partial charge in [-0.2, -0.15) is 0 Å². The van der Waals surface area contributed by atoms with E-state index in [1.807, 2.05) is 30.3 Å². The molecule has 0 aliphatic heterocycles. The minimum Gasteiger partial charge on any atom is -0.384 e. The molecular formula is C25H22N2. The van der Waals surface area contributed by atoms with E-state index in [1.165, 1.54) is 21.9 Å². The first kappa shape index (κ1) is 17.0. The van der Waals surface area contributed by atoms with Crippen LogP contribution in [-0.4, -0.2) is 12.4 Å². The summed E-state index contributed by atoms with van der Waals surface area (Å²) in [6.07, 6.45) is 0. The fourth-order valence-corrected chi connectivity index (χ4v) is 3.40. The quantitative estimate of drug-likeness (QED) is 0.381. The monoisotopic (exact) mass is 350 g/mol. The molecule has 0 aliphatic rings. The SMILES string of the molecule is NC(=NCC(c1ccccc1)c1ccccc1)c1ccc2ccccc2c1. The summed E-state index contributed by atoms with van der Waals surface area (Å²) in [6, 6.07) is 35.5. The van der Waals surface area contributed by atoms with Crippen LogP contribution in [0.2, 0.25) is 0 Å². The smallest absolute Gasteiger partial charge is 0.125 e. The van der Waals surface area contributed by atoms with E-state index in [-0.39, 0.29) is 5.92 Å². The second-order valence-electron chi connectivity index (χ2n) is 6.66. The fourth-order valence-electron chi connectivity index (χ4n) is 3.40. The van der Waals surface area contributed by atoms with Gasteiger partial charge in [-0.15, -0.1) is 0 Å². The molecule has 4 aromatic rings.